The summed E-state index contributed by atoms with van der Waals surface area (Å²) in [6, 6.07) is 3.98. The zero-order valence-corrected chi connectivity index (χ0v) is 12.6. The number of rotatable bonds is 4. The van der Waals surface area contributed by atoms with Crippen molar-refractivity contribution in [2.45, 2.75) is 39.0 Å². The fraction of sp³-hybridized carbons (Fsp3) is 0.688. The third kappa shape index (κ3) is 3.27. The van der Waals surface area contributed by atoms with Crippen LogP contribution in [0.2, 0.25) is 0 Å². The summed E-state index contributed by atoms with van der Waals surface area (Å²) in [6.45, 7) is 5.79. The summed E-state index contributed by atoms with van der Waals surface area (Å²) < 4.78 is 5.51. The van der Waals surface area contributed by atoms with E-state index in [0.717, 1.165) is 18.0 Å². The molecule has 1 fully saturated rings. The Hall–Kier alpha value is -1.09. The first kappa shape index (κ1) is 14.3. The minimum atomic E-state index is 0.400. The molecule has 1 aliphatic rings. The Morgan fingerprint density at radius 3 is 2.95 bits per heavy atom. The lowest BCUT2D eigenvalue weighted by molar-refractivity contribution is 0.157. The van der Waals surface area contributed by atoms with E-state index in [1.54, 1.807) is 7.11 Å². The molecule has 0 aromatic carbocycles. The van der Waals surface area contributed by atoms with Crippen molar-refractivity contribution in [1.82, 2.24) is 10.3 Å². The van der Waals surface area contributed by atoms with E-state index >= 15 is 0 Å². The molecule has 0 amide bonds. The van der Waals surface area contributed by atoms with Gasteiger partial charge in [0.2, 0.25) is 0 Å². The van der Waals surface area contributed by atoms with E-state index in [2.05, 4.69) is 24.1 Å². The van der Waals surface area contributed by atoms with E-state index in [1.165, 1.54) is 19.3 Å². The normalized spacial score (nSPS) is 26.1. The van der Waals surface area contributed by atoms with Crippen LogP contribution >= 0.6 is 0 Å². The highest BCUT2D eigenvalue weighted by molar-refractivity contribution is 5.31. The van der Waals surface area contributed by atoms with Crippen molar-refractivity contribution in [2.24, 2.45) is 11.3 Å². The molecule has 1 aliphatic carbocycles. The van der Waals surface area contributed by atoms with Crippen LogP contribution in [0, 0.1) is 11.3 Å². The average molecular weight is 262 g/mol. The van der Waals surface area contributed by atoms with Gasteiger partial charge in [0.05, 0.1) is 12.8 Å². The number of pyridine rings is 1. The number of ether oxygens (including phenoxy) is 1. The first-order chi connectivity index (χ1) is 9.07. The van der Waals surface area contributed by atoms with Crippen LogP contribution in [-0.4, -0.2) is 25.7 Å². The Morgan fingerprint density at radius 2 is 2.26 bits per heavy atom. The minimum Gasteiger partial charge on any atom is -0.495 e. The summed E-state index contributed by atoms with van der Waals surface area (Å²) in [5, 5.41) is 3.33. The summed E-state index contributed by atoms with van der Waals surface area (Å²) in [4.78, 5) is 4.62. The van der Waals surface area contributed by atoms with E-state index in [-0.39, 0.29) is 0 Å². The summed E-state index contributed by atoms with van der Waals surface area (Å²) >= 11 is 0. The Labute approximate surface area is 116 Å². The summed E-state index contributed by atoms with van der Waals surface area (Å²) in [5.74, 6) is 2.08. The van der Waals surface area contributed by atoms with E-state index in [1.807, 2.05) is 25.4 Å². The Balaban J connectivity index is 2.30. The molecule has 1 N–H and O–H groups in total. The van der Waals surface area contributed by atoms with Crippen molar-refractivity contribution in [3.05, 3.63) is 24.0 Å². The quantitative estimate of drug-likeness (QED) is 0.904. The van der Waals surface area contributed by atoms with Gasteiger partial charge in [-0.2, -0.15) is 0 Å². The molecule has 1 heterocycles. The molecule has 1 aromatic rings. The first-order valence-electron chi connectivity index (χ1n) is 7.21. The highest BCUT2D eigenvalue weighted by atomic mass is 16.5. The molecule has 19 heavy (non-hydrogen) atoms. The highest BCUT2D eigenvalue weighted by Gasteiger charge is 2.37. The zero-order chi connectivity index (χ0) is 13.9. The molecular formula is C16H26N2O. The lowest BCUT2D eigenvalue weighted by Gasteiger charge is -2.40. The third-order valence-corrected chi connectivity index (χ3v) is 4.37. The second-order valence-electron chi connectivity index (χ2n) is 6.42. The number of methoxy groups -OCH3 is 1. The minimum absolute atomic E-state index is 0.400. The highest BCUT2D eigenvalue weighted by Crippen LogP contribution is 2.47. The van der Waals surface area contributed by atoms with Gasteiger partial charge in [-0.1, -0.05) is 13.8 Å². The molecule has 1 aromatic heterocycles. The fourth-order valence-corrected chi connectivity index (χ4v) is 3.32. The van der Waals surface area contributed by atoms with Crippen molar-refractivity contribution in [1.29, 1.82) is 0 Å². The van der Waals surface area contributed by atoms with Gasteiger partial charge in [-0.05, 0) is 56.3 Å². The van der Waals surface area contributed by atoms with E-state index < -0.39 is 0 Å². The van der Waals surface area contributed by atoms with Gasteiger partial charge in [-0.25, -0.2) is 0 Å². The smallest absolute Gasteiger partial charge is 0.140 e. The van der Waals surface area contributed by atoms with Crippen LogP contribution in [0.15, 0.2) is 18.3 Å². The van der Waals surface area contributed by atoms with Gasteiger partial charge < -0.3 is 10.1 Å². The van der Waals surface area contributed by atoms with Gasteiger partial charge in [0.1, 0.15) is 5.75 Å². The lowest BCUT2D eigenvalue weighted by atomic mass is 9.66. The number of hydrogen-bond acceptors (Lipinski definition) is 3. The van der Waals surface area contributed by atoms with Gasteiger partial charge in [0.25, 0.3) is 0 Å². The fourth-order valence-electron chi connectivity index (χ4n) is 3.32. The second kappa shape index (κ2) is 5.91. The molecule has 3 heteroatoms. The Kier molecular flexibility index (Phi) is 4.46. The largest absolute Gasteiger partial charge is 0.495 e. The van der Waals surface area contributed by atoms with Gasteiger partial charge in [-0.15, -0.1) is 0 Å². The van der Waals surface area contributed by atoms with E-state index in [4.69, 9.17) is 4.74 Å². The first-order valence-corrected chi connectivity index (χ1v) is 7.21. The van der Waals surface area contributed by atoms with Crippen LogP contribution in [0.3, 0.4) is 0 Å². The van der Waals surface area contributed by atoms with Crippen LogP contribution in [-0.2, 0) is 0 Å². The number of nitrogens with zero attached hydrogens (tertiary/aromatic N) is 1. The van der Waals surface area contributed by atoms with Crippen molar-refractivity contribution >= 4 is 0 Å². The summed E-state index contributed by atoms with van der Waals surface area (Å²) in [6.07, 6.45) is 5.63. The zero-order valence-electron chi connectivity index (χ0n) is 12.6. The standard InChI is InChI=1S/C16H26N2O/c1-16(2)8-7-12(11-17-3)13(10-16)15-14(19-4)6-5-9-18-15/h5-6,9,12-13,17H,7-8,10-11H2,1-4H3. The lowest BCUT2D eigenvalue weighted by Crippen LogP contribution is -2.34. The van der Waals surface area contributed by atoms with Crippen LogP contribution < -0.4 is 10.1 Å². The molecule has 0 spiro atoms. The van der Waals surface area contributed by atoms with Crippen molar-refractivity contribution < 1.29 is 4.74 Å². The van der Waals surface area contributed by atoms with Crippen LogP contribution in [0.1, 0.15) is 44.7 Å². The molecular weight excluding hydrogens is 236 g/mol. The Morgan fingerprint density at radius 1 is 1.47 bits per heavy atom. The maximum absolute atomic E-state index is 5.51. The van der Waals surface area contributed by atoms with Gasteiger partial charge >= 0.3 is 0 Å². The molecule has 0 radical (unpaired) electrons. The SMILES string of the molecule is CNCC1CCC(C)(C)CC1c1ncccc1OC. The second-order valence-corrected chi connectivity index (χ2v) is 6.42. The molecule has 2 unspecified atom stereocenters. The van der Waals surface area contributed by atoms with E-state index in [0.29, 0.717) is 17.3 Å². The summed E-state index contributed by atoms with van der Waals surface area (Å²) in [5.41, 5.74) is 1.54. The Bertz CT molecular complexity index is 417. The topological polar surface area (TPSA) is 34.2 Å². The van der Waals surface area contributed by atoms with Crippen LogP contribution in [0.5, 0.6) is 5.75 Å². The number of nitrogens with one attached hydrogen (secondary N) is 1. The predicted molar refractivity (Wildman–Crippen MR) is 78.6 cm³/mol. The third-order valence-electron chi connectivity index (χ3n) is 4.37. The van der Waals surface area contributed by atoms with Crippen molar-refractivity contribution in [3.63, 3.8) is 0 Å². The van der Waals surface area contributed by atoms with Crippen LogP contribution in [0.4, 0.5) is 0 Å². The van der Waals surface area contributed by atoms with Gasteiger partial charge in [0.15, 0.2) is 0 Å². The molecule has 0 saturated heterocycles. The maximum atomic E-state index is 5.51. The van der Waals surface area contributed by atoms with E-state index in [9.17, 15) is 0 Å². The molecule has 106 valence electrons. The predicted octanol–water partition coefficient (Wildman–Crippen LogP) is 3.22. The summed E-state index contributed by atoms with van der Waals surface area (Å²) in [7, 11) is 3.77. The maximum Gasteiger partial charge on any atom is 0.140 e. The molecule has 3 nitrogen and oxygen atoms in total. The van der Waals surface area contributed by atoms with Gasteiger partial charge in [0, 0.05) is 12.1 Å². The molecule has 1 saturated carbocycles. The molecule has 2 atom stereocenters. The van der Waals surface area contributed by atoms with Crippen LogP contribution in [0.25, 0.3) is 0 Å². The molecule has 2 rings (SSSR count). The van der Waals surface area contributed by atoms with Crippen molar-refractivity contribution in [3.8, 4) is 5.75 Å². The number of hydrogen-bond donors (Lipinski definition) is 1. The van der Waals surface area contributed by atoms with Crippen molar-refractivity contribution in [2.75, 3.05) is 20.7 Å². The average Bonchev–Trinajstić information content (AvgIpc) is 2.40. The molecule has 0 bridgehead atoms. The number of aromatic nitrogens is 1. The van der Waals surface area contributed by atoms with Gasteiger partial charge in [-0.3, -0.25) is 4.98 Å². The molecule has 0 aliphatic heterocycles. The monoisotopic (exact) mass is 262 g/mol.